The van der Waals surface area contributed by atoms with Crippen molar-refractivity contribution in [1.82, 2.24) is 4.98 Å². The summed E-state index contributed by atoms with van der Waals surface area (Å²) in [5.41, 5.74) is -0.0413. The van der Waals surface area contributed by atoms with Crippen LogP contribution in [-0.4, -0.2) is 12.1 Å². The van der Waals surface area contributed by atoms with E-state index in [1.54, 1.807) is 12.1 Å². The summed E-state index contributed by atoms with van der Waals surface area (Å²) in [5.74, 6) is 0.698. The standard InChI is InChI=1S/C14H12ClF3N2O/c1-21-11-5-3-2-4-9(11)8-19-13-7-10(14(16,17)18)6-12(15)20-13/h2-7H,8H2,1H3,(H,19,20). The molecule has 1 aromatic heterocycles. The van der Waals surface area contributed by atoms with Gasteiger partial charge in [-0.3, -0.25) is 0 Å². The molecule has 0 amide bonds. The summed E-state index contributed by atoms with van der Waals surface area (Å²) < 4.78 is 43.3. The number of pyridine rings is 1. The minimum atomic E-state index is -4.46. The molecule has 0 aliphatic rings. The molecule has 2 rings (SSSR count). The second-order valence-corrected chi connectivity index (χ2v) is 4.61. The van der Waals surface area contributed by atoms with E-state index in [1.807, 2.05) is 12.1 Å². The number of rotatable bonds is 4. The van der Waals surface area contributed by atoms with Crippen molar-refractivity contribution < 1.29 is 17.9 Å². The first-order valence-corrected chi connectivity index (χ1v) is 6.38. The van der Waals surface area contributed by atoms with Gasteiger partial charge < -0.3 is 10.1 Å². The van der Waals surface area contributed by atoms with Crippen LogP contribution in [0.3, 0.4) is 0 Å². The van der Waals surface area contributed by atoms with Gasteiger partial charge in [0.25, 0.3) is 0 Å². The van der Waals surface area contributed by atoms with Gasteiger partial charge in [-0.2, -0.15) is 13.2 Å². The number of alkyl halides is 3. The molecule has 0 fully saturated rings. The third-order valence-electron chi connectivity index (χ3n) is 2.77. The molecule has 1 aromatic carbocycles. The molecule has 0 unspecified atom stereocenters. The van der Waals surface area contributed by atoms with Crippen molar-refractivity contribution >= 4 is 17.4 Å². The van der Waals surface area contributed by atoms with Gasteiger partial charge in [0.1, 0.15) is 16.7 Å². The average Bonchev–Trinajstić information content (AvgIpc) is 2.44. The van der Waals surface area contributed by atoms with Gasteiger partial charge in [-0.05, 0) is 18.2 Å². The molecule has 2 aromatic rings. The Hall–Kier alpha value is -1.95. The highest BCUT2D eigenvalue weighted by Gasteiger charge is 2.31. The summed E-state index contributed by atoms with van der Waals surface area (Å²) in [7, 11) is 1.53. The molecule has 0 radical (unpaired) electrons. The van der Waals surface area contributed by atoms with Crippen LogP contribution in [0.15, 0.2) is 36.4 Å². The smallest absolute Gasteiger partial charge is 0.416 e. The van der Waals surface area contributed by atoms with Crippen molar-refractivity contribution in [3.63, 3.8) is 0 Å². The van der Waals surface area contributed by atoms with E-state index in [2.05, 4.69) is 10.3 Å². The molecule has 0 bridgehead atoms. The quantitative estimate of drug-likeness (QED) is 0.850. The number of ether oxygens (including phenoxy) is 1. The molecule has 0 saturated carbocycles. The predicted molar refractivity (Wildman–Crippen MR) is 74.6 cm³/mol. The Morgan fingerprint density at radius 2 is 1.95 bits per heavy atom. The van der Waals surface area contributed by atoms with Gasteiger partial charge in [0, 0.05) is 12.1 Å². The third kappa shape index (κ3) is 4.01. The third-order valence-corrected chi connectivity index (χ3v) is 2.97. The largest absolute Gasteiger partial charge is 0.496 e. The van der Waals surface area contributed by atoms with Crippen LogP contribution in [0.1, 0.15) is 11.1 Å². The minimum Gasteiger partial charge on any atom is -0.496 e. The molecule has 0 aliphatic heterocycles. The molecular weight excluding hydrogens is 305 g/mol. The van der Waals surface area contributed by atoms with Crippen molar-refractivity contribution in [3.8, 4) is 5.75 Å². The average molecular weight is 317 g/mol. The maximum atomic E-state index is 12.7. The SMILES string of the molecule is COc1ccccc1CNc1cc(C(F)(F)F)cc(Cl)n1. The number of hydrogen-bond acceptors (Lipinski definition) is 3. The molecule has 0 atom stereocenters. The molecule has 1 N–H and O–H groups in total. The van der Waals surface area contributed by atoms with Crippen LogP contribution in [0.5, 0.6) is 5.75 Å². The second kappa shape index (κ2) is 6.22. The maximum Gasteiger partial charge on any atom is 0.416 e. The number of aromatic nitrogens is 1. The van der Waals surface area contributed by atoms with Crippen molar-refractivity contribution in [1.29, 1.82) is 0 Å². The Morgan fingerprint density at radius 1 is 1.24 bits per heavy atom. The Balaban J connectivity index is 2.19. The fourth-order valence-corrected chi connectivity index (χ4v) is 1.99. The lowest BCUT2D eigenvalue weighted by Gasteiger charge is -2.12. The molecular formula is C14H12ClF3N2O. The highest BCUT2D eigenvalue weighted by Crippen LogP contribution is 2.32. The number of hydrogen-bond donors (Lipinski definition) is 1. The lowest BCUT2D eigenvalue weighted by atomic mass is 10.2. The van der Waals surface area contributed by atoms with Gasteiger partial charge in [-0.1, -0.05) is 29.8 Å². The van der Waals surface area contributed by atoms with Crippen LogP contribution in [0, 0.1) is 0 Å². The summed E-state index contributed by atoms with van der Waals surface area (Å²) in [5, 5.41) is 2.60. The topological polar surface area (TPSA) is 34.1 Å². The van der Waals surface area contributed by atoms with Gasteiger partial charge in [0.15, 0.2) is 0 Å². The lowest BCUT2D eigenvalue weighted by molar-refractivity contribution is -0.137. The van der Waals surface area contributed by atoms with Crippen LogP contribution in [0.25, 0.3) is 0 Å². The second-order valence-electron chi connectivity index (χ2n) is 4.23. The van der Waals surface area contributed by atoms with Gasteiger partial charge in [0.2, 0.25) is 0 Å². The van der Waals surface area contributed by atoms with E-state index in [1.165, 1.54) is 7.11 Å². The van der Waals surface area contributed by atoms with Crippen molar-refractivity contribution in [3.05, 3.63) is 52.7 Å². The molecule has 3 nitrogen and oxygen atoms in total. The summed E-state index contributed by atoms with van der Waals surface area (Å²) in [4.78, 5) is 3.83. The lowest BCUT2D eigenvalue weighted by Crippen LogP contribution is -2.08. The number of nitrogens with one attached hydrogen (secondary N) is 1. The summed E-state index contributed by atoms with van der Waals surface area (Å²) in [6.07, 6.45) is -4.46. The van der Waals surface area contributed by atoms with E-state index in [4.69, 9.17) is 16.3 Å². The highest BCUT2D eigenvalue weighted by atomic mass is 35.5. The van der Waals surface area contributed by atoms with Crippen molar-refractivity contribution in [2.24, 2.45) is 0 Å². The molecule has 0 saturated heterocycles. The Bertz CT molecular complexity index is 632. The van der Waals surface area contributed by atoms with Crippen molar-refractivity contribution in [2.75, 3.05) is 12.4 Å². The number of halogens is 4. The van der Waals surface area contributed by atoms with Crippen LogP contribution >= 0.6 is 11.6 Å². The van der Waals surface area contributed by atoms with Crippen LogP contribution < -0.4 is 10.1 Å². The zero-order valence-electron chi connectivity index (χ0n) is 11.0. The van der Waals surface area contributed by atoms with E-state index < -0.39 is 11.7 Å². The Morgan fingerprint density at radius 3 is 2.62 bits per heavy atom. The van der Waals surface area contributed by atoms with Gasteiger partial charge >= 0.3 is 6.18 Å². The number of para-hydroxylation sites is 1. The minimum absolute atomic E-state index is 0.0562. The summed E-state index contributed by atoms with van der Waals surface area (Å²) >= 11 is 5.62. The van der Waals surface area contributed by atoms with Gasteiger partial charge in [0.05, 0.1) is 12.7 Å². The zero-order chi connectivity index (χ0) is 15.5. The fraction of sp³-hybridized carbons (Fsp3) is 0.214. The van der Waals surface area contributed by atoms with E-state index in [9.17, 15) is 13.2 Å². The number of benzene rings is 1. The maximum absolute atomic E-state index is 12.7. The predicted octanol–water partition coefficient (Wildman–Crippen LogP) is 4.37. The summed E-state index contributed by atoms with van der Waals surface area (Å²) in [6, 6.07) is 8.90. The Kier molecular flexibility index (Phi) is 4.57. The Labute approximate surface area is 124 Å². The van der Waals surface area contributed by atoms with E-state index in [0.29, 0.717) is 5.75 Å². The van der Waals surface area contributed by atoms with Gasteiger partial charge in [-0.25, -0.2) is 4.98 Å². The van der Waals surface area contributed by atoms with Crippen LogP contribution in [-0.2, 0) is 12.7 Å². The first-order valence-electron chi connectivity index (χ1n) is 6.00. The molecule has 21 heavy (non-hydrogen) atoms. The van der Waals surface area contributed by atoms with Crippen LogP contribution in [0.4, 0.5) is 19.0 Å². The van der Waals surface area contributed by atoms with Crippen LogP contribution in [0.2, 0.25) is 5.15 Å². The van der Waals surface area contributed by atoms with E-state index >= 15 is 0 Å². The highest BCUT2D eigenvalue weighted by molar-refractivity contribution is 6.29. The van der Waals surface area contributed by atoms with E-state index in [0.717, 1.165) is 17.7 Å². The van der Waals surface area contributed by atoms with E-state index in [-0.39, 0.29) is 17.5 Å². The number of nitrogens with zero attached hydrogens (tertiary/aromatic N) is 1. The monoisotopic (exact) mass is 316 g/mol. The molecule has 0 aliphatic carbocycles. The van der Waals surface area contributed by atoms with Crippen molar-refractivity contribution in [2.45, 2.75) is 12.7 Å². The normalized spacial score (nSPS) is 11.3. The molecule has 7 heteroatoms. The molecule has 1 heterocycles. The fourth-order valence-electron chi connectivity index (χ4n) is 1.79. The number of anilines is 1. The molecule has 112 valence electrons. The summed E-state index contributed by atoms with van der Waals surface area (Å²) in [6.45, 7) is 0.272. The first-order chi connectivity index (χ1) is 9.90. The zero-order valence-corrected chi connectivity index (χ0v) is 11.8. The molecule has 0 spiro atoms. The number of methoxy groups -OCH3 is 1. The van der Waals surface area contributed by atoms with Gasteiger partial charge in [-0.15, -0.1) is 0 Å². The first kappa shape index (κ1) is 15.4.